The Morgan fingerprint density at radius 3 is 2.11 bits per heavy atom. The van der Waals surface area contributed by atoms with Gasteiger partial charge in [0, 0.05) is 24.1 Å². The SMILES string of the molecule is COc1ccc(-c2nc(Oc3cc(OC)c(OC)c(OC)c3)c3c(C)nc(CC(C)C)n3n2)cc1Cl. The molecule has 0 spiro atoms. The number of hydrogen-bond acceptors (Lipinski definition) is 8. The van der Waals surface area contributed by atoms with Crippen molar-refractivity contribution in [3.8, 4) is 46.0 Å². The highest BCUT2D eigenvalue weighted by Crippen LogP contribution is 2.42. The standard InChI is InChI=1S/C26H29ClN4O5/c1-14(2)10-22-28-15(3)23-26(36-17-12-20(33-5)24(35-7)21(13-17)34-6)29-25(30-31(22)23)16-8-9-19(32-4)18(27)11-16/h8-9,11-14H,10H2,1-7H3. The molecule has 0 saturated carbocycles. The zero-order valence-electron chi connectivity index (χ0n) is 21.4. The minimum atomic E-state index is 0.334. The van der Waals surface area contributed by atoms with Crippen molar-refractivity contribution >= 4 is 17.1 Å². The molecule has 0 fully saturated rings. The van der Waals surface area contributed by atoms with Gasteiger partial charge in [-0.1, -0.05) is 25.4 Å². The molecular weight excluding hydrogens is 484 g/mol. The van der Waals surface area contributed by atoms with Gasteiger partial charge in [-0.3, -0.25) is 0 Å². The van der Waals surface area contributed by atoms with Crippen molar-refractivity contribution in [2.75, 3.05) is 28.4 Å². The third-order valence-corrected chi connectivity index (χ3v) is 5.85. The first-order chi connectivity index (χ1) is 17.3. The van der Waals surface area contributed by atoms with Crippen LogP contribution in [0, 0.1) is 12.8 Å². The van der Waals surface area contributed by atoms with Crippen LogP contribution in [-0.2, 0) is 6.42 Å². The van der Waals surface area contributed by atoms with Crippen LogP contribution in [0.4, 0.5) is 0 Å². The van der Waals surface area contributed by atoms with Crippen molar-refractivity contribution in [2.45, 2.75) is 27.2 Å². The molecule has 0 radical (unpaired) electrons. The largest absolute Gasteiger partial charge is 0.495 e. The summed E-state index contributed by atoms with van der Waals surface area (Å²) in [6.07, 6.45) is 0.735. The third-order valence-electron chi connectivity index (χ3n) is 5.55. The van der Waals surface area contributed by atoms with E-state index in [1.54, 1.807) is 57.2 Å². The number of aryl methyl sites for hydroxylation is 1. The molecule has 0 atom stereocenters. The van der Waals surface area contributed by atoms with E-state index in [4.69, 9.17) is 50.4 Å². The Bertz CT molecular complexity index is 1380. The maximum absolute atomic E-state index is 6.40. The number of imidazole rings is 1. The smallest absolute Gasteiger partial charge is 0.249 e. The molecule has 4 aromatic rings. The average molecular weight is 513 g/mol. The van der Waals surface area contributed by atoms with E-state index in [2.05, 4.69) is 13.8 Å². The third kappa shape index (κ3) is 4.83. The second-order valence-corrected chi connectivity index (χ2v) is 8.93. The molecular formula is C26H29ClN4O5. The van der Waals surface area contributed by atoms with Crippen LogP contribution in [0.2, 0.25) is 5.02 Å². The van der Waals surface area contributed by atoms with Crippen molar-refractivity contribution in [1.82, 2.24) is 19.6 Å². The fourth-order valence-electron chi connectivity index (χ4n) is 3.92. The van der Waals surface area contributed by atoms with Crippen LogP contribution in [0.1, 0.15) is 25.4 Å². The van der Waals surface area contributed by atoms with Crippen LogP contribution in [0.15, 0.2) is 30.3 Å². The lowest BCUT2D eigenvalue weighted by molar-refractivity contribution is 0.320. The van der Waals surface area contributed by atoms with Gasteiger partial charge < -0.3 is 23.7 Å². The number of hydrogen-bond donors (Lipinski definition) is 0. The summed E-state index contributed by atoms with van der Waals surface area (Å²) >= 11 is 6.40. The summed E-state index contributed by atoms with van der Waals surface area (Å²) in [6, 6.07) is 8.81. The van der Waals surface area contributed by atoms with Gasteiger partial charge in [-0.2, -0.15) is 4.98 Å². The second-order valence-electron chi connectivity index (χ2n) is 8.52. The highest BCUT2D eigenvalue weighted by molar-refractivity contribution is 6.32. The van der Waals surface area contributed by atoms with Gasteiger partial charge in [0.05, 0.1) is 39.2 Å². The maximum atomic E-state index is 6.40. The van der Waals surface area contributed by atoms with Crippen LogP contribution in [0.25, 0.3) is 16.9 Å². The Morgan fingerprint density at radius 1 is 0.889 bits per heavy atom. The first-order valence-electron chi connectivity index (χ1n) is 11.4. The van der Waals surface area contributed by atoms with Crippen LogP contribution in [0.3, 0.4) is 0 Å². The second kappa shape index (κ2) is 10.5. The Hall–Kier alpha value is -3.72. The summed E-state index contributed by atoms with van der Waals surface area (Å²) < 4.78 is 29.8. The molecule has 0 amide bonds. The van der Waals surface area contributed by atoms with Gasteiger partial charge in [-0.05, 0) is 31.0 Å². The minimum absolute atomic E-state index is 0.334. The summed E-state index contributed by atoms with van der Waals surface area (Å²) in [5.74, 6) is 4.37. The number of fused-ring (bicyclic) bond motifs is 1. The highest BCUT2D eigenvalue weighted by Gasteiger charge is 2.22. The topological polar surface area (TPSA) is 89.2 Å². The first kappa shape index (κ1) is 25.4. The van der Waals surface area contributed by atoms with E-state index < -0.39 is 0 Å². The van der Waals surface area contributed by atoms with Crippen LogP contribution in [-0.4, -0.2) is 48.0 Å². The quantitative estimate of drug-likeness (QED) is 0.279. The van der Waals surface area contributed by atoms with Gasteiger partial charge >= 0.3 is 0 Å². The van der Waals surface area contributed by atoms with Gasteiger partial charge in [0.2, 0.25) is 11.6 Å². The molecule has 190 valence electrons. The summed E-state index contributed by atoms with van der Waals surface area (Å²) in [4.78, 5) is 9.54. The van der Waals surface area contributed by atoms with Gasteiger partial charge in [-0.15, -0.1) is 5.10 Å². The van der Waals surface area contributed by atoms with E-state index in [0.29, 0.717) is 62.5 Å². The highest BCUT2D eigenvalue weighted by atomic mass is 35.5. The number of benzene rings is 2. The van der Waals surface area contributed by atoms with E-state index in [9.17, 15) is 0 Å². The molecule has 2 aromatic carbocycles. The van der Waals surface area contributed by atoms with Gasteiger partial charge in [0.25, 0.3) is 0 Å². The monoisotopic (exact) mass is 512 g/mol. The lowest BCUT2D eigenvalue weighted by atomic mass is 10.1. The summed E-state index contributed by atoms with van der Waals surface area (Å²) in [5.41, 5.74) is 2.13. The number of nitrogens with zero attached hydrogens (tertiary/aromatic N) is 4. The van der Waals surface area contributed by atoms with Gasteiger partial charge in [0.15, 0.2) is 22.8 Å². The maximum Gasteiger partial charge on any atom is 0.249 e. The van der Waals surface area contributed by atoms with Crippen molar-refractivity contribution in [3.05, 3.63) is 46.9 Å². The Labute approximate surface area is 214 Å². The molecule has 0 N–H and O–H groups in total. The molecule has 9 nitrogen and oxygen atoms in total. The van der Waals surface area contributed by atoms with Crippen molar-refractivity contribution in [2.24, 2.45) is 5.92 Å². The fourth-order valence-corrected chi connectivity index (χ4v) is 4.18. The predicted octanol–water partition coefficient (Wildman–Crippen LogP) is 5.78. The van der Waals surface area contributed by atoms with Crippen LogP contribution in [0.5, 0.6) is 34.6 Å². The number of ether oxygens (including phenoxy) is 5. The molecule has 4 rings (SSSR count). The van der Waals surface area contributed by atoms with E-state index in [-0.39, 0.29) is 0 Å². The molecule has 0 aliphatic rings. The zero-order valence-corrected chi connectivity index (χ0v) is 22.1. The summed E-state index contributed by atoms with van der Waals surface area (Å²) in [7, 11) is 6.22. The number of methoxy groups -OCH3 is 4. The first-order valence-corrected chi connectivity index (χ1v) is 11.7. The Kier molecular flexibility index (Phi) is 7.40. The molecule has 0 bridgehead atoms. The van der Waals surface area contributed by atoms with Crippen molar-refractivity contribution in [3.63, 3.8) is 0 Å². The molecule has 0 saturated heterocycles. The molecule has 0 aliphatic heterocycles. The lowest BCUT2D eigenvalue weighted by Gasteiger charge is -2.15. The van der Waals surface area contributed by atoms with Crippen LogP contribution >= 0.6 is 11.6 Å². The fraction of sp³-hybridized carbons (Fsp3) is 0.346. The minimum Gasteiger partial charge on any atom is -0.495 e. The van der Waals surface area contributed by atoms with Crippen LogP contribution < -0.4 is 23.7 Å². The van der Waals surface area contributed by atoms with E-state index in [0.717, 1.165) is 17.9 Å². The van der Waals surface area contributed by atoms with Crippen molar-refractivity contribution < 1.29 is 23.7 Å². The lowest BCUT2D eigenvalue weighted by Crippen LogP contribution is -2.07. The van der Waals surface area contributed by atoms with E-state index in [1.807, 2.05) is 13.0 Å². The molecule has 2 aromatic heterocycles. The molecule has 0 aliphatic carbocycles. The van der Waals surface area contributed by atoms with Gasteiger partial charge in [0.1, 0.15) is 17.3 Å². The molecule has 2 heterocycles. The molecule has 0 unspecified atom stereocenters. The summed E-state index contributed by atoms with van der Waals surface area (Å²) in [5, 5.41) is 5.26. The zero-order chi connectivity index (χ0) is 26.0. The normalized spacial score (nSPS) is 11.1. The van der Waals surface area contributed by atoms with Crippen molar-refractivity contribution in [1.29, 1.82) is 0 Å². The Balaban J connectivity index is 1.92. The number of halogens is 1. The van der Waals surface area contributed by atoms with E-state index >= 15 is 0 Å². The van der Waals surface area contributed by atoms with Gasteiger partial charge in [-0.25, -0.2) is 9.50 Å². The molecule has 10 heteroatoms. The summed E-state index contributed by atoms with van der Waals surface area (Å²) in [6.45, 7) is 6.18. The average Bonchev–Trinajstić information content (AvgIpc) is 3.17. The number of rotatable bonds is 9. The number of aromatic nitrogens is 4. The van der Waals surface area contributed by atoms with E-state index in [1.165, 1.54) is 0 Å². The predicted molar refractivity (Wildman–Crippen MR) is 137 cm³/mol. The molecule has 36 heavy (non-hydrogen) atoms. The Morgan fingerprint density at radius 2 is 1.56 bits per heavy atom.